The van der Waals surface area contributed by atoms with E-state index in [4.69, 9.17) is 5.11 Å². The fourth-order valence-corrected chi connectivity index (χ4v) is 2.61. The molecule has 0 bridgehead atoms. The summed E-state index contributed by atoms with van der Waals surface area (Å²) in [6, 6.07) is 5.68. The van der Waals surface area contributed by atoms with Gasteiger partial charge in [0.2, 0.25) is 6.10 Å². The molecule has 1 aromatic heterocycles. The number of hydrogen-bond donors (Lipinski definition) is 1. The molecule has 1 atom stereocenters. The van der Waals surface area contributed by atoms with Crippen molar-refractivity contribution in [1.29, 1.82) is 0 Å². The van der Waals surface area contributed by atoms with E-state index in [1.54, 1.807) is 16.7 Å². The second kappa shape index (κ2) is 5.90. The number of halogens is 4. The predicted octanol–water partition coefficient (Wildman–Crippen LogP) is 1.95. The molecule has 3 rings (SSSR count). The summed E-state index contributed by atoms with van der Waals surface area (Å²) in [6.07, 6.45) is -6.56. The van der Waals surface area contributed by atoms with E-state index >= 15 is 0 Å². The van der Waals surface area contributed by atoms with Crippen LogP contribution in [0.3, 0.4) is 0 Å². The van der Waals surface area contributed by atoms with Gasteiger partial charge in [0, 0.05) is 18.7 Å². The van der Waals surface area contributed by atoms with Gasteiger partial charge in [-0.3, -0.25) is 4.79 Å². The monoisotopic (exact) mass is 343 g/mol. The highest BCUT2D eigenvalue weighted by Gasteiger charge is 2.45. The molecule has 1 aliphatic rings. The highest BCUT2D eigenvalue weighted by Crippen LogP contribution is 2.26. The first-order valence-corrected chi connectivity index (χ1v) is 7.11. The zero-order chi connectivity index (χ0) is 17.5. The molecular weight excluding hydrogens is 330 g/mol. The smallest absolute Gasteiger partial charge is 0.376 e. The number of carbonyl (C=O) groups excluding carboxylic acids is 1. The molecule has 2 heterocycles. The molecule has 1 unspecified atom stereocenters. The number of aliphatic hydroxyl groups is 1. The van der Waals surface area contributed by atoms with Crippen molar-refractivity contribution in [3.8, 4) is 11.4 Å². The summed E-state index contributed by atoms with van der Waals surface area (Å²) >= 11 is 0. The number of benzene rings is 1. The molecule has 0 spiro atoms. The zero-order valence-electron chi connectivity index (χ0n) is 12.3. The fourth-order valence-electron chi connectivity index (χ4n) is 2.61. The molecule has 9 heteroatoms. The predicted molar refractivity (Wildman–Crippen MR) is 75.1 cm³/mol. The Labute approximate surface area is 134 Å². The molecule has 1 aliphatic heterocycles. The van der Waals surface area contributed by atoms with E-state index in [0.29, 0.717) is 17.1 Å². The molecule has 128 valence electrons. The van der Waals surface area contributed by atoms with Gasteiger partial charge >= 0.3 is 6.18 Å². The maximum atomic E-state index is 13.0. The Morgan fingerprint density at radius 1 is 1.21 bits per heavy atom. The molecule has 24 heavy (non-hydrogen) atoms. The van der Waals surface area contributed by atoms with Crippen LogP contribution >= 0.6 is 0 Å². The molecule has 0 saturated heterocycles. The van der Waals surface area contributed by atoms with E-state index in [1.165, 1.54) is 18.3 Å². The summed E-state index contributed by atoms with van der Waals surface area (Å²) in [5.74, 6) is -1.21. The first-order valence-electron chi connectivity index (χ1n) is 7.11. The summed E-state index contributed by atoms with van der Waals surface area (Å²) in [5, 5.41) is 9.09. The van der Waals surface area contributed by atoms with Crippen LogP contribution in [-0.4, -0.2) is 44.3 Å². The van der Waals surface area contributed by atoms with E-state index in [0.717, 1.165) is 4.90 Å². The van der Waals surface area contributed by atoms with Gasteiger partial charge in [0.15, 0.2) is 0 Å². The van der Waals surface area contributed by atoms with Crippen molar-refractivity contribution in [2.45, 2.75) is 25.4 Å². The lowest BCUT2D eigenvalue weighted by Gasteiger charge is -2.30. The Hall–Kier alpha value is -2.42. The topological polar surface area (TPSA) is 58.4 Å². The Morgan fingerprint density at radius 2 is 1.88 bits per heavy atom. The standard InChI is InChI=1S/C15H13F4N3O2/c16-10-3-1-9(2-4-10)13-20-7-11-8-21(5-6-22(11)13)14(24)12(23)15(17,18)19/h1-4,7,12,23H,5-6,8H2. The summed E-state index contributed by atoms with van der Waals surface area (Å²) in [6.45, 7) is 0.169. The van der Waals surface area contributed by atoms with Crippen LogP contribution in [-0.2, 0) is 17.9 Å². The van der Waals surface area contributed by atoms with Gasteiger partial charge in [0.25, 0.3) is 5.91 Å². The van der Waals surface area contributed by atoms with E-state index in [-0.39, 0.29) is 25.5 Å². The third kappa shape index (κ3) is 2.99. The largest absolute Gasteiger partial charge is 0.423 e. The van der Waals surface area contributed by atoms with Crippen molar-refractivity contribution in [2.24, 2.45) is 0 Å². The number of alkyl halides is 3. The molecule has 1 aromatic carbocycles. The van der Waals surface area contributed by atoms with Gasteiger partial charge in [0.1, 0.15) is 11.6 Å². The number of carbonyl (C=O) groups is 1. The highest BCUT2D eigenvalue weighted by atomic mass is 19.4. The summed E-state index contributed by atoms with van der Waals surface area (Å²) in [7, 11) is 0. The van der Waals surface area contributed by atoms with Crippen LogP contribution in [0.25, 0.3) is 11.4 Å². The molecular formula is C15H13F4N3O2. The number of hydrogen-bond acceptors (Lipinski definition) is 3. The molecule has 1 N–H and O–H groups in total. The molecule has 1 amide bonds. The minimum absolute atomic E-state index is 0.0174. The number of imidazole rings is 1. The normalized spacial score (nSPS) is 16.0. The SMILES string of the molecule is O=C(C(O)C(F)(F)F)N1CCn2c(cnc2-c2ccc(F)cc2)C1. The van der Waals surface area contributed by atoms with E-state index in [1.807, 2.05) is 0 Å². The number of nitrogens with zero attached hydrogens (tertiary/aromatic N) is 3. The first-order chi connectivity index (χ1) is 11.3. The van der Waals surface area contributed by atoms with Gasteiger partial charge in [-0.15, -0.1) is 0 Å². The van der Waals surface area contributed by atoms with Crippen molar-refractivity contribution < 1.29 is 27.5 Å². The fraction of sp³-hybridized carbons (Fsp3) is 0.333. The highest BCUT2D eigenvalue weighted by molar-refractivity contribution is 5.81. The minimum atomic E-state index is -4.99. The van der Waals surface area contributed by atoms with Crippen LogP contribution in [0.4, 0.5) is 17.6 Å². The molecule has 0 aliphatic carbocycles. The van der Waals surface area contributed by atoms with Crippen LogP contribution in [0.5, 0.6) is 0 Å². The lowest BCUT2D eigenvalue weighted by atomic mass is 10.2. The Morgan fingerprint density at radius 3 is 2.50 bits per heavy atom. The van der Waals surface area contributed by atoms with Gasteiger partial charge in [-0.2, -0.15) is 13.2 Å². The quantitative estimate of drug-likeness (QED) is 0.848. The van der Waals surface area contributed by atoms with Crippen molar-refractivity contribution in [2.75, 3.05) is 6.54 Å². The Bertz CT molecular complexity index is 755. The van der Waals surface area contributed by atoms with Crippen LogP contribution in [0.15, 0.2) is 30.5 Å². The average Bonchev–Trinajstić information content (AvgIpc) is 2.96. The number of aromatic nitrogens is 2. The Kier molecular flexibility index (Phi) is 4.04. The third-order valence-electron chi connectivity index (χ3n) is 3.84. The lowest BCUT2D eigenvalue weighted by Crippen LogP contribution is -2.48. The van der Waals surface area contributed by atoms with Crippen LogP contribution in [0, 0.1) is 5.82 Å². The minimum Gasteiger partial charge on any atom is -0.376 e. The van der Waals surface area contributed by atoms with Crippen molar-refractivity contribution >= 4 is 5.91 Å². The van der Waals surface area contributed by atoms with Gasteiger partial charge < -0.3 is 14.6 Å². The zero-order valence-corrected chi connectivity index (χ0v) is 12.3. The molecule has 0 saturated carbocycles. The maximum absolute atomic E-state index is 13.0. The number of amides is 1. The molecule has 0 radical (unpaired) electrons. The summed E-state index contributed by atoms with van der Waals surface area (Å²) < 4.78 is 52.1. The number of aliphatic hydroxyl groups excluding tert-OH is 1. The molecule has 5 nitrogen and oxygen atoms in total. The summed E-state index contributed by atoms with van der Waals surface area (Å²) in [4.78, 5) is 16.9. The maximum Gasteiger partial charge on any atom is 0.423 e. The number of fused-ring (bicyclic) bond motifs is 1. The van der Waals surface area contributed by atoms with Gasteiger partial charge in [-0.1, -0.05) is 0 Å². The van der Waals surface area contributed by atoms with Crippen molar-refractivity contribution in [1.82, 2.24) is 14.5 Å². The van der Waals surface area contributed by atoms with Crippen LogP contribution < -0.4 is 0 Å². The van der Waals surface area contributed by atoms with E-state index < -0.39 is 18.2 Å². The van der Waals surface area contributed by atoms with Crippen LogP contribution in [0.2, 0.25) is 0 Å². The third-order valence-corrected chi connectivity index (χ3v) is 3.84. The number of rotatable bonds is 2. The van der Waals surface area contributed by atoms with Gasteiger partial charge in [0.05, 0.1) is 18.4 Å². The van der Waals surface area contributed by atoms with E-state index in [9.17, 15) is 22.4 Å². The van der Waals surface area contributed by atoms with E-state index in [2.05, 4.69) is 4.98 Å². The van der Waals surface area contributed by atoms with Crippen LogP contribution in [0.1, 0.15) is 5.69 Å². The second-order valence-electron chi connectivity index (χ2n) is 5.44. The van der Waals surface area contributed by atoms with Gasteiger partial charge in [-0.05, 0) is 24.3 Å². The summed E-state index contributed by atoms with van der Waals surface area (Å²) in [5.41, 5.74) is 1.21. The van der Waals surface area contributed by atoms with Crippen molar-refractivity contribution in [3.63, 3.8) is 0 Å². The Balaban J connectivity index is 1.81. The lowest BCUT2D eigenvalue weighted by molar-refractivity contribution is -0.211. The van der Waals surface area contributed by atoms with Crippen molar-refractivity contribution in [3.05, 3.63) is 42.0 Å². The average molecular weight is 343 g/mol. The molecule has 2 aromatic rings. The molecule has 0 fully saturated rings. The second-order valence-corrected chi connectivity index (χ2v) is 5.44. The van der Waals surface area contributed by atoms with Gasteiger partial charge in [-0.25, -0.2) is 9.37 Å². The first kappa shape index (κ1) is 16.4.